The first-order valence-corrected chi connectivity index (χ1v) is 28.8. The second-order valence-corrected chi connectivity index (χ2v) is 21.8. The van der Waals surface area contributed by atoms with Gasteiger partial charge in [0.2, 0.25) is 29.5 Å². The van der Waals surface area contributed by atoms with Crippen molar-refractivity contribution < 1.29 is 34.2 Å². The molecule has 5 unspecified atom stereocenters. The van der Waals surface area contributed by atoms with Gasteiger partial charge in [-0.05, 0) is 124 Å². The molecule has 8 N–H and O–H groups in total. The van der Waals surface area contributed by atoms with Crippen LogP contribution in [0.2, 0.25) is 0 Å². The second-order valence-electron chi connectivity index (χ2n) is 21.8. The lowest BCUT2D eigenvalue weighted by molar-refractivity contribution is -0.138. The van der Waals surface area contributed by atoms with E-state index in [1.54, 1.807) is 18.9 Å². The third kappa shape index (κ3) is 17.7. The molecule has 5 amide bonds. The highest BCUT2D eigenvalue weighted by atomic mass is 16.3. The van der Waals surface area contributed by atoms with E-state index in [2.05, 4.69) is 92.6 Å². The zero-order chi connectivity index (χ0) is 57.8. The standard InChI is InChI=1S/C35H40N4O3.C33H39N3O4/c1-24(40)37-23-32(21-25-11-13-27-7-3-5-9-30(27)19-25)39(2)35(42)33(38-34(41)29-15-17-36-18-16-29)22-26-12-14-28-8-4-6-10-31(28)20-26;1-23(38)21-34-16-6-11-32(39)36-31(20-25-13-15-27-8-3-5-10-29(27)18-25)33(40)35-30(22-37)19-24-12-14-26-7-2-4-9-28(26)17-24/h3-14,19-20,29,32-33,36H,15-18,21-23H2,1-2H3,(H,37,40)(H,38,41);2-5,7-10,12-15,17-18,23,30-31,34,37-38H,6,11,16,19-22H2,1H3,(H,35,40)(H,36,39). The van der Waals surface area contributed by atoms with E-state index < -0.39 is 24.2 Å². The lowest BCUT2D eigenvalue weighted by Gasteiger charge is -2.33. The highest BCUT2D eigenvalue weighted by Gasteiger charge is 2.32. The first-order chi connectivity index (χ1) is 39.8. The lowest BCUT2D eigenvalue weighted by atomic mass is 9.95. The monoisotopic (exact) mass is 1110 g/mol. The summed E-state index contributed by atoms with van der Waals surface area (Å²) in [6, 6.07) is 54.8. The molecule has 14 heteroatoms. The average Bonchev–Trinajstić information content (AvgIpc) is 3.55. The van der Waals surface area contributed by atoms with Crippen LogP contribution in [-0.4, -0.2) is 121 Å². The highest BCUT2D eigenvalue weighted by molar-refractivity contribution is 5.91. The minimum atomic E-state index is -0.787. The van der Waals surface area contributed by atoms with Gasteiger partial charge in [-0.2, -0.15) is 0 Å². The van der Waals surface area contributed by atoms with Crippen LogP contribution in [0.1, 0.15) is 61.8 Å². The van der Waals surface area contributed by atoms with Gasteiger partial charge in [-0.1, -0.05) is 170 Å². The van der Waals surface area contributed by atoms with Crippen molar-refractivity contribution >= 4 is 72.6 Å². The minimum Gasteiger partial charge on any atom is -0.394 e. The lowest BCUT2D eigenvalue weighted by Crippen LogP contribution is -2.55. The van der Waals surface area contributed by atoms with Crippen molar-refractivity contribution in [2.45, 2.75) is 95.5 Å². The zero-order valence-corrected chi connectivity index (χ0v) is 47.4. The Morgan fingerprint density at radius 2 is 1.02 bits per heavy atom. The van der Waals surface area contributed by atoms with Crippen LogP contribution in [0.4, 0.5) is 0 Å². The number of hydrogen-bond acceptors (Lipinski definition) is 9. The number of rotatable bonds is 24. The maximum absolute atomic E-state index is 14.2. The van der Waals surface area contributed by atoms with Crippen LogP contribution < -0.4 is 31.9 Å². The summed E-state index contributed by atoms with van der Waals surface area (Å²) < 4.78 is 0. The van der Waals surface area contributed by atoms with E-state index in [1.807, 2.05) is 109 Å². The van der Waals surface area contributed by atoms with E-state index in [9.17, 15) is 34.2 Å². The summed E-state index contributed by atoms with van der Waals surface area (Å²) in [5.41, 5.74) is 4.01. The molecule has 1 aliphatic rings. The van der Waals surface area contributed by atoms with Gasteiger partial charge in [0, 0.05) is 52.2 Å². The number of piperidine rings is 1. The molecule has 0 spiro atoms. The van der Waals surface area contributed by atoms with Gasteiger partial charge >= 0.3 is 0 Å². The average molecular weight is 1110 g/mol. The quantitative estimate of drug-likeness (QED) is 0.0279. The fourth-order valence-corrected chi connectivity index (χ4v) is 10.7. The van der Waals surface area contributed by atoms with Crippen molar-refractivity contribution in [2.75, 3.05) is 46.4 Å². The number of benzene rings is 8. The molecular formula is C68H79N7O7. The molecule has 428 valence electrons. The molecule has 5 atom stereocenters. The van der Waals surface area contributed by atoms with Crippen LogP contribution in [0.25, 0.3) is 43.1 Å². The highest BCUT2D eigenvalue weighted by Crippen LogP contribution is 2.23. The minimum absolute atomic E-state index is 0.0722. The van der Waals surface area contributed by atoms with Crippen LogP contribution in [0, 0.1) is 5.92 Å². The van der Waals surface area contributed by atoms with Crippen molar-refractivity contribution in [3.63, 3.8) is 0 Å². The summed E-state index contributed by atoms with van der Waals surface area (Å²) in [6.07, 6.45) is 3.66. The molecule has 0 saturated carbocycles. The normalized spacial score (nSPS) is 14.4. The number of aliphatic hydroxyl groups is 2. The second kappa shape index (κ2) is 30.2. The third-order valence-electron chi connectivity index (χ3n) is 15.3. The van der Waals surface area contributed by atoms with Crippen LogP contribution >= 0.6 is 0 Å². The number of nitrogens with one attached hydrogen (secondary N) is 6. The first-order valence-electron chi connectivity index (χ1n) is 28.8. The van der Waals surface area contributed by atoms with Gasteiger partial charge in [0.1, 0.15) is 12.1 Å². The van der Waals surface area contributed by atoms with Crippen molar-refractivity contribution in [1.82, 2.24) is 36.8 Å². The van der Waals surface area contributed by atoms with Gasteiger partial charge in [-0.25, -0.2) is 0 Å². The summed E-state index contributed by atoms with van der Waals surface area (Å²) in [6.45, 7) is 5.94. The van der Waals surface area contributed by atoms with E-state index in [-0.39, 0.29) is 54.5 Å². The number of amides is 5. The summed E-state index contributed by atoms with van der Waals surface area (Å²) >= 11 is 0. The van der Waals surface area contributed by atoms with E-state index in [4.69, 9.17) is 0 Å². The number of fused-ring (bicyclic) bond motifs is 4. The van der Waals surface area contributed by atoms with Crippen molar-refractivity contribution in [2.24, 2.45) is 5.92 Å². The molecule has 1 heterocycles. The van der Waals surface area contributed by atoms with E-state index in [0.29, 0.717) is 51.7 Å². The molecule has 82 heavy (non-hydrogen) atoms. The fourth-order valence-electron chi connectivity index (χ4n) is 10.7. The smallest absolute Gasteiger partial charge is 0.245 e. The Kier molecular flexibility index (Phi) is 22.1. The molecule has 1 fully saturated rings. The first kappa shape index (κ1) is 60.1. The van der Waals surface area contributed by atoms with Crippen LogP contribution in [0.15, 0.2) is 170 Å². The molecule has 8 aromatic carbocycles. The Balaban J connectivity index is 0.000000215. The Morgan fingerprint density at radius 1 is 0.573 bits per heavy atom. The predicted octanol–water partition coefficient (Wildman–Crippen LogP) is 7.72. The van der Waals surface area contributed by atoms with Gasteiger partial charge in [0.05, 0.1) is 24.8 Å². The Morgan fingerprint density at radius 3 is 1.49 bits per heavy atom. The van der Waals surface area contributed by atoms with Crippen molar-refractivity contribution in [3.8, 4) is 0 Å². The Hall–Kier alpha value is -8.01. The van der Waals surface area contributed by atoms with Crippen LogP contribution in [-0.2, 0) is 49.7 Å². The van der Waals surface area contributed by atoms with Gasteiger partial charge in [0.15, 0.2) is 0 Å². The Labute approximate surface area is 481 Å². The number of carbonyl (C=O) groups is 5. The molecule has 14 nitrogen and oxygen atoms in total. The summed E-state index contributed by atoms with van der Waals surface area (Å²) in [5, 5.41) is 46.7. The predicted molar refractivity (Wildman–Crippen MR) is 328 cm³/mol. The molecule has 8 aromatic rings. The number of hydrogen-bond donors (Lipinski definition) is 8. The summed E-state index contributed by atoms with van der Waals surface area (Å²) in [5.74, 6) is -1.04. The fraction of sp³-hybridized carbons (Fsp3) is 0.338. The zero-order valence-electron chi connectivity index (χ0n) is 47.4. The van der Waals surface area contributed by atoms with Gasteiger partial charge in [-0.3, -0.25) is 24.0 Å². The Bertz CT molecular complexity index is 3430. The SMILES string of the molecule is CC(=O)NCC(Cc1ccc2ccccc2c1)N(C)C(=O)C(Cc1ccc2ccccc2c1)NC(=O)C1CCNCC1.CC(O)CNCCCC(=O)NC(Cc1ccc2ccccc2c1)C(=O)NC(CO)Cc1ccc2ccccc2c1. The van der Waals surface area contributed by atoms with E-state index >= 15 is 0 Å². The number of aliphatic hydroxyl groups excluding tert-OH is 2. The van der Waals surface area contributed by atoms with Gasteiger partial charge in [0.25, 0.3) is 0 Å². The molecular weight excluding hydrogens is 1030 g/mol. The largest absolute Gasteiger partial charge is 0.394 e. The summed E-state index contributed by atoms with van der Waals surface area (Å²) in [4.78, 5) is 67.5. The molecule has 0 aromatic heterocycles. The molecule has 0 radical (unpaired) electrons. The van der Waals surface area contributed by atoms with E-state index in [1.165, 1.54) is 6.92 Å². The van der Waals surface area contributed by atoms with Gasteiger partial charge in [-0.15, -0.1) is 0 Å². The molecule has 9 rings (SSSR count). The van der Waals surface area contributed by atoms with Crippen molar-refractivity contribution in [3.05, 3.63) is 192 Å². The van der Waals surface area contributed by atoms with E-state index in [0.717, 1.165) is 91.3 Å². The van der Waals surface area contributed by atoms with Crippen LogP contribution in [0.5, 0.6) is 0 Å². The number of carbonyl (C=O) groups excluding carboxylic acids is 5. The molecule has 1 saturated heterocycles. The van der Waals surface area contributed by atoms with Crippen molar-refractivity contribution in [1.29, 1.82) is 0 Å². The molecule has 0 aliphatic carbocycles. The maximum atomic E-state index is 14.2. The maximum Gasteiger partial charge on any atom is 0.245 e. The number of likely N-dealkylation sites (N-methyl/N-ethyl adjacent to an activating group) is 1. The molecule has 0 bridgehead atoms. The van der Waals surface area contributed by atoms with Gasteiger partial charge < -0.3 is 47.0 Å². The summed E-state index contributed by atoms with van der Waals surface area (Å²) in [7, 11) is 1.78. The van der Waals surface area contributed by atoms with Crippen LogP contribution in [0.3, 0.4) is 0 Å². The number of nitrogens with zero attached hydrogens (tertiary/aromatic N) is 1. The molecule has 1 aliphatic heterocycles. The topological polar surface area (TPSA) is 201 Å². The third-order valence-corrected chi connectivity index (χ3v) is 15.3.